The van der Waals surface area contributed by atoms with E-state index in [2.05, 4.69) is 10.1 Å². The van der Waals surface area contributed by atoms with E-state index in [1.807, 2.05) is 13.8 Å². The van der Waals surface area contributed by atoms with Crippen molar-refractivity contribution in [2.75, 3.05) is 0 Å². The van der Waals surface area contributed by atoms with Crippen LogP contribution in [0.4, 0.5) is 5.69 Å². The first kappa shape index (κ1) is 14.7. The summed E-state index contributed by atoms with van der Waals surface area (Å²) < 4.78 is 2.96. The Morgan fingerprint density at radius 3 is 2.81 bits per heavy atom. The van der Waals surface area contributed by atoms with Gasteiger partial charge in [-0.3, -0.25) is 10.1 Å². The molecule has 0 saturated carbocycles. The number of rotatable bonds is 6. The molecular formula is C12H15N5O4. The summed E-state index contributed by atoms with van der Waals surface area (Å²) in [7, 11) is 0. The van der Waals surface area contributed by atoms with Gasteiger partial charge in [0.1, 0.15) is 17.8 Å². The molecule has 0 aliphatic rings. The summed E-state index contributed by atoms with van der Waals surface area (Å²) in [5.74, 6) is -0.321. The van der Waals surface area contributed by atoms with Gasteiger partial charge in [0, 0.05) is 12.6 Å². The molecule has 1 N–H and O–H groups in total. The van der Waals surface area contributed by atoms with Gasteiger partial charge in [0.05, 0.1) is 17.7 Å². The van der Waals surface area contributed by atoms with Crippen LogP contribution < -0.4 is 0 Å². The summed E-state index contributed by atoms with van der Waals surface area (Å²) >= 11 is 0. The van der Waals surface area contributed by atoms with Crippen molar-refractivity contribution in [2.45, 2.75) is 26.9 Å². The van der Waals surface area contributed by atoms with Crippen molar-refractivity contribution in [1.82, 2.24) is 19.3 Å². The third-order valence-electron chi connectivity index (χ3n) is 2.86. The van der Waals surface area contributed by atoms with Gasteiger partial charge in [0.2, 0.25) is 0 Å². The molecule has 0 aliphatic carbocycles. The highest BCUT2D eigenvalue weighted by atomic mass is 16.6. The summed E-state index contributed by atoms with van der Waals surface area (Å²) in [6.45, 7) is 4.80. The summed E-state index contributed by atoms with van der Waals surface area (Å²) in [4.78, 5) is 25.4. The van der Waals surface area contributed by atoms with Crippen LogP contribution in [0, 0.1) is 16.0 Å². The fraction of sp³-hybridized carbons (Fsp3) is 0.417. The number of hydrogen-bond donors (Lipinski definition) is 1. The fourth-order valence-corrected chi connectivity index (χ4v) is 1.97. The Hall–Kier alpha value is -2.71. The molecule has 0 radical (unpaired) electrons. The predicted octanol–water partition coefficient (Wildman–Crippen LogP) is 1.39. The molecular weight excluding hydrogens is 278 g/mol. The van der Waals surface area contributed by atoms with E-state index < -0.39 is 10.9 Å². The van der Waals surface area contributed by atoms with Crippen LogP contribution in [0.1, 0.15) is 30.2 Å². The van der Waals surface area contributed by atoms with Crippen LogP contribution in [-0.4, -0.2) is 35.3 Å². The van der Waals surface area contributed by atoms with E-state index >= 15 is 0 Å². The lowest BCUT2D eigenvalue weighted by Crippen LogP contribution is -2.15. The smallest absolute Gasteiger partial charge is 0.352 e. The second kappa shape index (κ2) is 5.73. The number of aromatic carboxylic acids is 1. The first-order valence-electron chi connectivity index (χ1n) is 6.33. The SMILES string of the molecule is CC(C)Cn1ncnc1Cn1cc([N+](=O)[O-])cc1C(=O)O. The van der Waals surface area contributed by atoms with Crippen molar-refractivity contribution < 1.29 is 14.8 Å². The average molecular weight is 293 g/mol. The summed E-state index contributed by atoms with van der Waals surface area (Å²) in [5.41, 5.74) is -0.414. The number of aromatic nitrogens is 4. The maximum Gasteiger partial charge on any atom is 0.352 e. The lowest BCUT2D eigenvalue weighted by molar-refractivity contribution is -0.384. The number of carboxylic acid groups (broad SMARTS) is 1. The largest absolute Gasteiger partial charge is 0.477 e. The van der Waals surface area contributed by atoms with E-state index in [9.17, 15) is 14.9 Å². The van der Waals surface area contributed by atoms with E-state index in [0.717, 1.165) is 6.07 Å². The lowest BCUT2D eigenvalue weighted by atomic mass is 10.2. The van der Waals surface area contributed by atoms with E-state index in [0.29, 0.717) is 18.3 Å². The number of carboxylic acids is 1. The Morgan fingerprint density at radius 2 is 2.24 bits per heavy atom. The molecule has 0 saturated heterocycles. The highest BCUT2D eigenvalue weighted by Crippen LogP contribution is 2.18. The van der Waals surface area contributed by atoms with Gasteiger partial charge in [-0.25, -0.2) is 14.5 Å². The molecule has 0 aromatic carbocycles. The quantitative estimate of drug-likeness (QED) is 0.635. The van der Waals surface area contributed by atoms with Crippen LogP contribution >= 0.6 is 0 Å². The molecule has 21 heavy (non-hydrogen) atoms. The zero-order valence-electron chi connectivity index (χ0n) is 11.6. The molecule has 0 fully saturated rings. The van der Waals surface area contributed by atoms with Gasteiger partial charge in [-0.05, 0) is 5.92 Å². The van der Waals surface area contributed by atoms with Crippen LogP contribution in [0.3, 0.4) is 0 Å². The minimum Gasteiger partial charge on any atom is -0.477 e. The third-order valence-corrected chi connectivity index (χ3v) is 2.86. The van der Waals surface area contributed by atoms with E-state index in [-0.39, 0.29) is 17.9 Å². The molecule has 0 aliphatic heterocycles. The molecule has 2 aromatic rings. The standard InChI is InChI=1S/C12H15N5O4/c1-8(2)4-16-11(13-7-14-16)6-15-5-9(17(20)21)3-10(15)12(18)19/h3,5,7-8H,4,6H2,1-2H3,(H,18,19). The van der Waals surface area contributed by atoms with E-state index in [1.165, 1.54) is 17.1 Å². The van der Waals surface area contributed by atoms with Crippen molar-refractivity contribution in [1.29, 1.82) is 0 Å². The van der Waals surface area contributed by atoms with Crippen LogP contribution in [0.15, 0.2) is 18.6 Å². The molecule has 2 heterocycles. The minimum atomic E-state index is -1.22. The second-order valence-corrected chi connectivity index (χ2v) is 5.03. The van der Waals surface area contributed by atoms with Crippen LogP contribution in [0.2, 0.25) is 0 Å². The topological polar surface area (TPSA) is 116 Å². The molecule has 0 unspecified atom stereocenters. The lowest BCUT2D eigenvalue weighted by Gasteiger charge is -2.09. The molecule has 0 amide bonds. The first-order valence-corrected chi connectivity index (χ1v) is 6.33. The summed E-state index contributed by atoms with van der Waals surface area (Å²) in [6.07, 6.45) is 2.58. The minimum absolute atomic E-state index is 0.113. The second-order valence-electron chi connectivity index (χ2n) is 5.03. The fourth-order valence-electron chi connectivity index (χ4n) is 1.97. The Labute approximate surface area is 120 Å². The Bertz CT molecular complexity index is 673. The van der Waals surface area contributed by atoms with Gasteiger partial charge in [0.25, 0.3) is 5.69 Å². The summed E-state index contributed by atoms with van der Waals surface area (Å²) in [6, 6.07) is 1.03. The van der Waals surface area contributed by atoms with Gasteiger partial charge in [-0.2, -0.15) is 5.10 Å². The van der Waals surface area contributed by atoms with Crippen LogP contribution in [0.5, 0.6) is 0 Å². The van der Waals surface area contributed by atoms with Gasteiger partial charge < -0.3 is 9.67 Å². The zero-order valence-corrected chi connectivity index (χ0v) is 11.6. The highest BCUT2D eigenvalue weighted by Gasteiger charge is 2.20. The van der Waals surface area contributed by atoms with Crippen LogP contribution in [-0.2, 0) is 13.1 Å². The monoisotopic (exact) mass is 293 g/mol. The molecule has 2 aromatic heterocycles. The maximum atomic E-state index is 11.2. The van der Waals surface area contributed by atoms with E-state index in [4.69, 9.17) is 5.11 Å². The van der Waals surface area contributed by atoms with Crippen molar-refractivity contribution in [3.63, 3.8) is 0 Å². The molecule has 112 valence electrons. The van der Waals surface area contributed by atoms with Gasteiger partial charge in [0.15, 0.2) is 0 Å². The first-order chi connectivity index (χ1) is 9.88. The van der Waals surface area contributed by atoms with Gasteiger partial charge in [-0.1, -0.05) is 13.8 Å². The maximum absolute atomic E-state index is 11.2. The Morgan fingerprint density at radius 1 is 1.52 bits per heavy atom. The molecule has 0 spiro atoms. The molecule has 0 bridgehead atoms. The molecule has 2 rings (SSSR count). The van der Waals surface area contributed by atoms with Gasteiger partial charge >= 0.3 is 5.97 Å². The Balaban J connectivity index is 2.33. The molecule has 0 atom stereocenters. The Kier molecular flexibility index (Phi) is 4.01. The van der Waals surface area contributed by atoms with Crippen molar-refractivity contribution in [2.24, 2.45) is 5.92 Å². The summed E-state index contributed by atoms with van der Waals surface area (Å²) in [5, 5.41) is 24.0. The molecule has 9 heteroatoms. The number of nitro groups is 1. The number of nitrogens with zero attached hydrogens (tertiary/aromatic N) is 5. The third kappa shape index (κ3) is 3.25. The molecule has 9 nitrogen and oxygen atoms in total. The highest BCUT2D eigenvalue weighted by molar-refractivity contribution is 5.86. The zero-order chi connectivity index (χ0) is 15.6. The van der Waals surface area contributed by atoms with Crippen molar-refractivity contribution in [3.8, 4) is 0 Å². The van der Waals surface area contributed by atoms with Gasteiger partial charge in [-0.15, -0.1) is 0 Å². The number of carbonyl (C=O) groups is 1. The van der Waals surface area contributed by atoms with Crippen LogP contribution in [0.25, 0.3) is 0 Å². The van der Waals surface area contributed by atoms with Crippen molar-refractivity contribution >= 4 is 11.7 Å². The predicted molar refractivity (Wildman–Crippen MR) is 72.0 cm³/mol. The van der Waals surface area contributed by atoms with E-state index in [1.54, 1.807) is 4.68 Å². The average Bonchev–Trinajstić information content (AvgIpc) is 2.97. The number of hydrogen-bond acceptors (Lipinski definition) is 5. The normalized spacial score (nSPS) is 11.0. The van der Waals surface area contributed by atoms with Crippen molar-refractivity contribution in [3.05, 3.63) is 40.2 Å².